The summed E-state index contributed by atoms with van der Waals surface area (Å²) >= 11 is 9.39. The lowest BCUT2D eigenvalue weighted by Gasteiger charge is -2.11. The molecule has 0 aliphatic heterocycles. The summed E-state index contributed by atoms with van der Waals surface area (Å²) in [5.74, 6) is -0.388. The van der Waals surface area contributed by atoms with Gasteiger partial charge >= 0.3 is 5.97 Å². The molecule has 0 aliphatic rings. The van der Waals surface area contributed by atoms with Gasteiger partial charge in [-0.15, -0.1) is 0 Å². The topological polar surface area (TPSA) is 46.5 Å². The summed E-state index contributed by atoms with van der Waals surface area (Å²) < 4.78 is 6.56. The second-order valence-electron chi connectivity index (χ2n) is 3.93. The Morgan fingerprint density at radius 2 is 2.05 bits per heavy atom. The molecule has 0 fully saturated rings. The van der Waals surface area contributed by atoms with Gasteiger partial charge in [0, 0.05) is 4.47 Å². The molecule has 1 N–H and O–H groups in total. The molecule has 2 aromatic carbocycles. The fourth-order valence-corrected chi connectivity index (χ4v) is 2.04. The van der Waals surface area contributed by atoms with Gasteiger partial charge in [0.25, 0.3) is 0 Å². The minimum atomic E-state index is -1.08. The second-order valence-corrected chi connectivity index (χ2v) is 5.20. The molecule has 98 valence electrons. The molecule has 0 radical (unpaired) electrons. The number of rotatable bonds is 3. The van der Waals surface area contributed by atoms with Gasteiger partial charge in [-0.1, -0.05) is 33.6 Å². The predicted molar refractivity (Wildman–Crippen MR) is 77.4 cm³/mol. The molecule has 0 atom stereocenters. The SMILES string of the molecule is Cc1cc(Oc2c(Cl)cccc2C(=O)O)ccc1Br. The molecule has 0 saturated carbocycles. The summed E-state index contributed by atoms with van der Waals surface area (Å²) in [7, 11) is 0. The molecular formula is C14H10BrClO3. The minimum absolute atomic E-state index is 0.0353. The molecular weight excluding hydrogens is 332 g/mol. The number of aromatic carboxylic acids is 1. The average Bonchev–Trinajstić information content (AvgIpc) is 2.36. The van der Waals surface area contributed by atoms with Crippen LogP contribution in [0.1, 0.15) is 15.9 Å². The van der Waals surface area contributed by atoms with Crippen molar-refractivity contribution in [3.05, 3.63) is 57.0 Å². The molecule has 2 rings (SSSR count). The molecule has 0 spiro atoms. The zero-order valence-electron chi connectivity index (χ0n) is 9.98. The molecule has 0 aromatic heterocycles. The lowest BCUT2D eigenvalue weighted by Crippen LogP contribution is -2.00. The second kappa shape index (κ2) is 5.63. The number of para-hydroxylation sites is 1. The molecule has 3 nitrogen and oxygen atoms in total. The molecule has 0 unspecified atom stereocenters. The minimum Gasteiger partial charge on any atom is -0.478 e. The molecule has 0 heterocycles. The summed E-state index contributed by atoms with van der Waals surface area (Å²) in [6.07, 6.45) is 0. The molecule has 0 bridgehead atoms. The van der Waals surface area contributed by atoms with Gasteiger partial charge in [0.05, 0.1) is 5.02 Å². The monoisotopic (exact) mass is 340 g/mol. The largest absolute Gasteiger partial charge is 0.478 e. The van der Waals surface area contributed by atoms with Gasteiger partial charge in [0.15, 0.2) is 5.75 Å². The maximum atomic E-state index is 11.1. The van der Waals surface area contributed by atoms with Gasteiger partial charge < -0.3 is 9.84 Å². The van der Waals surface area contributed by atoms with E-state index < -0.39 is 5.97 Å². The summed E-state index contributed by atoms with van der Waals surface area (Å²) in [4.78, 5) is 11.1. The van der Waals surface area contributed by atoms with Crippen molar-refractivity contribution >= 4 is 33.5 Å². The van der Waals surface area contributed by atoms with Crippen LogP contribution in [0.4, 0.5) is 0 Å². The Labute approximate surface area is 123 Å². The van der Waals surface area contributed by atoms with Gasteiger partial charge in [-0.25, -0.2) is 4.79 Å². The van der Waals surface area contributed by atoms with E-state index in [0.717, 1.165) is 10.0 Å². The van der Waals surface area contributed by atoms with Crippen LogP contribution in [0.15, 0.2) is 40.9 Å². The van der Waals surface area contributed by atoms with Gasteiger partial charge in [0.2, 0.25) is 0 Å². The van der Waals surface area contributed by atoms with Crippen LogP contribution in [0.2, 0.25) is 5.02 Å². The first-order chi connectivity index (χ1) is 8.99. The summed E-state index contributed by atoms with van der Waals surface area (Å²) in [5, 5.41) is 9.39. The van der Waals surface area contributed by atoms with E-state index in [4.69, 9.17) is 21.4 Å². The van der Waals surface area contributed by atoms with Crippen LogP contribution in [0, 0.1) is 6.92 Å². The van der Waals surface area contributed by atoms with Crippen LogP contribution in [-0.4, -0.2) is 11.1 Å². The zero-order chi connectivity index (χ0) is 14.0. The number of ether oxygens (including phenoxy) is 1. The van der Waals surface area contributed by atoms with E-state index in [1.54, 1.807) is 24.3 Å². The zero-order valence-corrected chi connectivity index (χ0v) is 12.3. The number of halogens is 2. The van der Waals surface area contributed by atoms with E-state index in [1.807, 2.05) is 13.0 Å². The quantitative estimate of drug-likeness (QED) is 0.863. The average molecular weight is 342 g/mol. The smallest absolute Gasteiger partial charge is 0.339 e. The maximum Gasteiger partial charge on any atom is 0.339 e. The summed E-state index contributed by atoms with van der Waals surface area (Å²) in [6, 6.07) is 10.0. The van der Waals surface area contributed by atoms with Crippen LogP contribution in [0.5, 0.6) is 11.5 Å². The highest BCUT2D eigenvalue weighted by Gasteiger charge is 2.15. The lowest BCUT2D eigenvalue weighted by atomic mass is 10.2. The number of hydrogen-bond donors (Lipinski definition) is 1. The number of carboxylic acids is 1. The van der Waals surface area contributed by atoms with Crippen molar-refractivity contribution in [1.82, 2.24) is 0 Å². The van der Waals surface area contributed by atoms with Gasteiger partial charge in [-0.3, -0.25) is 0 Å². The molecule has 0 saturated heterocycles. The van der Waals surface area contributed by atoms with E-state index >= 15 is 0 Å². The molecule has 0 aliphatic carbocycles. The van der Waals surface area contributed by atoms with Crippen molar-refractivity contribution in [3.63, 3.8) is 0 Å². The fraction of sp³-hybridized carbons (Fsp3) is 0.0714. The number of benzene rings is 2. The maximum absolute atomic E-state index is 11.1. The van der Waals surface area contributed by atoms with Crippen LogP contribution in [0.3, 0.4) is 0 Å². The van der Waals surface area contributed by atoms with E-state index in [2.05, 4.69) is 15.9 Å². The first-order valence-electron chi connectivity index (χ1n) is 5.45. The van der Waals surface area contributed by atoms with Crippen molar-refractivity contribution < 1.29 is 14.6 Å². The third-order valence-corrected chi connectivity index (χ3v) is 3.73. The summed E-state index contributed by atoms with van der Waals surface area (Å²) in [5.41, 5.74) is 1.02. The van der Waals surface area contributed by atoms with Crippen molar-refractivity contribution in [2.24, 2.45) is 0 Å². The number of carboxylic acid groups (broad SMARTS) is 1. The normalized spacial score (nSPS) is 10.3. The summed E-state index contributed by atoms with van der Waals surface area (Å²) in [6.45, 7) is 1.92. The Kier molecular flexibility index (Phi) is 4.12. The van der Waals surface area contributed by atoms with E-state index in [1.165, 1.54) is 6.07 Å². The highest BCUT2D eigenvalue weighted by molar-refractivity contribution is 9.10. The third-order valence-electron chi connectivity index (χ3n) is 2.55. The van der Waals surface area contributed by atoms with Gasteiger partial charge in [-0.2, -0.15) is 0 Å². The van der Waals surface area contributed by atoms with Crippen molar-refractivity contribution in [2.75, 3.05) is 0 Å². The molecule has 19 heavy (non-hydrogen) atoms. The lowest BCUT2D eigenvalue weighted by molar-refractivity contribution is 0.0694. The highest BCUT2D eigenvalue weighted by Crippen LogP contribution is 2.34. The van der Waals surface area contributed by atoms with Crippen LogP contribution in [-0.2, 0) is 0 Å². The molecule has 0 amide bonds. The van der Waals surface area contributed by atoms with Crippen molar-refractivity contribution in [2.45, 2.75) is 6.92 Å². The third kappa shape index (κ3) is 3.08. The first-order valence-corrected chi connectivity index (χ1v) is 6.62. The fourth-order valence-electron chi connectivity index (χ4n) is 1.58. The van der Waals surface area contributed by atoms with Gasteiger partial charge in [-0.05, 0) is 42.8 Å². The first kappa shape index (κ1) is 13.9. The predicted octanol–water partition coefficient (Wildman–Crippen LogP) is 4.90. The van der Waals surface area contributed by atoms with Crippen LogP contribution >= 0.6 is 27.5 Å². The molecule has 2 aromatic rings. The Morgan fingerprint density at radius 1 is 1.32 bits per heavy atom. The van der Waals surface area contributed by atoms with E-state index in [9.17, 15) is 4.79 Å². The van der Waals surface area contributed by atoms with Crippen LogP contribution < -0.4 is 4.74 Å². The number of hydrogen-bond acceptors (Lipinski definition) is 2. The highest BCUT2D eigenvalue weighted by atomic mass is 79.9. The Morgan fingerprint density at radius 3 is 2.68 bits per heavy atom. The van der Waals surface area contributed by atoms with Crippen molar-refractivity contribution in [1.29, 1.82) is 0 Å². The standard InChI is InChI=1S/C14H10BrClO3/c1-8-7-9(5-6-11(8)15)19-13-10(14(17)18)3-2-4-12(13)16/h2-7H,1H3,(H,17,18). The van der Waals surface area contributed by atoms with Crippen molar-refractivity contribution in [3.8, 4) is 11.5 Å². The number of aryl methyl sites for hydroxylation is 1. The Hall–Kier alpha value is -1.52. The van der Waals surface area contributed by atoms with E-state index in [-0.39, 0.29) is 16.3 Å². The Bertz CT molecular complexity index is 641. The van der Waals surface area contributed by atoms with Gasteiger partial charge in [0.1, 0.15) is 11.3 Å². The van der Waals surface area contributed by atoms with E-state index in [0.29, 0.717) is 5.75 Å². The van der Waals surface area contributed by atoms with Crippen LogP contribution in [0.25, 0.3) is 0 Å². The molecule has 5 heteroatoms. The Balaban J connectivity index is 2.42. The number of carbonyl (C=O) groups is 1.